The van der Waals surface area contributed by atoms with Gasteiger partial charge in [-0.3, -0.25) is 4.79 Å². The molecule has 1 aromatic carbocycles. The molecule has 0 fully saturated rings. The molecule has 0 aliphatic heterocycles. The molecule has 106 valence electrons. The lowest BCUT2D eigenvalue weighted by Crippen LogP contribution is -2.33. The molecule has 0 saturated heterocycles. The maximum atomic E-state index is 11.7. The molecule has 1 N–H and O–H groups in total. The fraction of sp³-hybridized carbons (Fsp3) is 0.533. The number of hydrogen-bond donors (Lipinski definition) is 1. The van der Waals surface area contributed by atoms with Gasteiger partial charge in [0.2, 0.25) is 5.91 Å². The molecule has 1 aromatic rings. The molecular weight excluding hydrogens is 258 g/mol. The highest BCUT2D eigenvalue weighted by molar-refractivity contribution is 7.99. The topological polar surface area (TPSA) is 38.3 Å². The largest absolute Gasteiger partial charge is 0.497 e. The van der Waals surface area contributed by atoms with Crippen molar-refractivity contribution in [2.45, 2.75) is 38.5 Å². The Morgan fingerprint density at radius 3 is 2.63 bits per heavy atom. The van der Waals surface area contributed by atoms with Crippen molar-refractivity contribution in [1.82, 2.24) is 5.32 Å². The number of amides is 1. The summed E-state index contributed by atoms with van der Waals surface area (Å²) in [5, 5.41) is 3.01. The third kappa shape index (κ3) is 6.53. The molecule has 0 saturated carbocycles. The lowest BCUT2D eigenvalue weighted by molar-refractivity contribution is -0.119. The van der Waals surface area contributed by atoms with Gasteiger partial charge in [0.15, 0.2) is 0 Å². The van der Waals surface area contributed by atoms with Gasteiger partial charge in [0.25, 0.3) is 0 Å². The summed E-state index contributed by atoms with van der Waals surface area (Å²) in [5.74, 6) is 2.35. The summed E-state index contributed by atoms with van der Waals surface area (Å²) in [5.41, 5.74) is 1.21. The van der Waals surface area contributed by atoms with Crippen LogP contribution in [0, 0.1) is 0 Å². The van der Waals surface area contributed by atoms with Gasteiger partial charge in [-0.15, -0.1) is 11.8 Å². The summed E-state index contributed by atoms with van der Waals surface area (Å²) in [6.45, 7) is 4.18. The van der Waals surface area contributed by atoms with E-state index in [2.05, 4.69) is 19.2 Å². The fourth-order valence-corrected chi connectivity index (χ4v) is 2.60. The van der Waals surface area contributed by atoms with E-state index in [1.807, 2.05) is 24.3 Å². The summed E-state index contributed by atoms with van der Waals surface area (Å²) >= 11 is 1.64. The molecule has 1 atom stereocenters. The molecule has 19 heavy (non-hydrogen) atoms. The second-order valence-corrected chi connectivity index (χ2v) is 5.58. The van der Waals surface area contributed by atoms with Crippen LogP contribution in [0.2, 0.25) is 0 Å². The number of benzene rings is 1. The summed E-state index contributed by atoms with van der Waals surface area (Å²) in [6.07, 6.45) is 2.13. The van der Waals surface area contributed by atoms with Gasteiger partial charge in [-0.05, 0) is 31.0 Å². The van der Waals surface area contributed by atoms with E-state index < -0.39 is 0 Å². The van der Waals surface area contributed by atoms with E-state index in [0.717, 1.165) is 24.3 Å². The third-order valence-electron chi connectivity index (χ3n) is 2.79. The van der Waals surface area contributed by atoms with Crippen LogP contribution in [0.5, 0.6) is 5.75 Å². The zero-order valence-electron chi connectivity index (χ0n) is 11.9. The minimum absolute atomic E-state index is 0.125. The first-order valence-corrected chi connectivity index (χ1v) is 7.81. The maximum absolute atomic E-state index is 11.7. The van der Waals surface area contributed by atoms with E-state index in [1.54, 1.807) is 18.9 Å². The molecule has 1 rings (SSSR count). The van der Waals surface area contributed by atoms with Crippen LogP contribution in [-0.2, 0) is 10.5 Å². The lowest BCUT2D eigenvalue weighted by Gasteiger charge is -2.12. The molecule has 0 radical (unpaired) electrons. The van der Waals surface area contributed by atoms with Gasteiger partial charge in [-0.2, -0.15) is 0 Å². The van der Waals surface area contributed by atoms with E-state index in [0.29, 0.717) is 5.75 Å². The SMILES string of the molecule is CCC[C@H](C)NC(=O)CSCc1ccc(OC)cc1. The van der Waals surface area contributed by atoms with Gasteiger partial charge in [0.1, 0.15) is 5.75 Å². The monoisotopic (exact) mass is 281 g/mol. The second-order valence-electron chi connectivity index (χ2n) is 4.60. The normalized spacial score (nSPS) is 11.9. The predicted molar refractivity (Wildman–Crippen MR) is 81.7 cm³/mol. The Morgan fingerprint density at radius 1 is 1.37 bits per heavy atom. The Balaban J connectivity index is 2.23. The van der Waals surface area contributed by atoms with Crippen LogP contribution in [0.1, 0.15) is 32.3 Å². The smallest absolute Gasteiger partial charge is 0.230 e. The summed E-state index contributed by atoms with van der Waals surface area (Å²) < 4.78 is 5.11. The van der Waals surface area contributed by atoms with Gasteiger partial charge < -0.3 is 10.1 Å². The number of carbonyl (C=O) groups is 1. The average molecular weight is 281 g/mol. The van der Waals surface area contributed by atoms with Gasteiger partial charge >= 0.3 is 0 Å². The lowest BCUT2D eigenvalue weighted by atomic mass is 10.2. The first-order chi connectivity index (χ1) is 9.15. The van der Waals surface area contributed by atoms with Crippen LogP contribution >= 0.6 is 11.8 Å². The van der Waals surface area contributed by atoms with E-state index in [1.165, 1.54) is 5.56 Å². The van der Waals surface area contributed by atoms with Crippen LogP contribution in [0.15, 0.2) is 24.3 Å². The van der Waals surface area contributed by atoms with Crippen molar-refractivity contribution >= 4 is 17.7 Å². The van der Waals surface area contributed by atoms with Gasteiger partial charge in [-0.25, -0.2) is 0 Å². The first-order valence-electron chi connectivity index (χ1n) is 6.65. The van der Waals surface area contributed by atoms with Crippen LogP contribution in [-0.4, -0.2) is 24.8 Å². The minimum atomic E-state index is 0.125. The highest BCUT2D eigenvalue weighted by Gasteiger charge is 2.06. The van der Waals surface area contributed by atoms with E-state index >= 15 is 0 Å². The summed E-state index contributed by atoms with van der Waals surface area (Å²) in [6, 6.07) is 8.23. The Labute approximate surface area is 120 Å². The molecule has 0 aromatic heterocycles. The molecule has 3 nitrogen and oxygen atoms in total. The van der Waals surface area contributed by atoms with Gasteiger partial charge in [-0.1, -0.05) is 25.5 Å². The highest BCUT2D eigenvalue weighted by atomic mass is 32.2. The number of carbonyl (C=O) groups excluding carboxylic acids is 1. The van der Waals surface area contributed by atoms with Gasteiger partial charge in [0, 0.05) is 11.8 Å². The van der Waals surface area contributed by atoms with Crippen molar-refractivity contribution in [2.24, 2.45) is 0 Å². The number of methoxy groups -OCH3 is 1. The first kappa shape index (κ1) is 15.9. The number of thioether (sulfide) groups is 1. The van der Waals surface area contributed by atoms with Crippen molar-refractivity contribution in [3.63, 3.8) is 0 Å². The molecule has 0 heterocycles. The van der Waals surface area contributed by atoms with Crippen LogP contribution in [0.25, 0.3) is 0 Å². The third-order valence-corrected chi connectivity index (χ3v) is 3.79. The van der Waals surface area contributed by atoms with Crippen molar-refractivity contribution in [3.8, 4) is 5.75 Å². The van der Waals surface area contributed by atoms with E-state index in [4.69, 9.17) is 4.74 Å². The summed E-state index contributed by atoms with van der Waals surface area (Å²) in [7, 11) is 1.66. The molecular formula is C15H23NO2S. The fourth-order valence-electron chi connectivity index (χ4n) is 1.81. The zero-order valence-corrected chi connectivity index (χ0v) is 12.8. The average Bonchev–Trinajstić information content (AvgIpc) is 2.39. The quantitative estimate of drug-likeness (QED) is 0.795. The van der Waals surface area contributed by atoms with Crippen molar-refractivity contribution in [3.05, 3.63) is 29.8 Å². The summed E-state index contributed by atoms with van der Waals surface area (Å²) in [4.78, 5) is 11.7. The van der Waals surface area contributed by atoms with Gasteiger partial charge in [0.05, 0.1) is 12.9 Å². The molecule has 1 amide bonds. The van der Waals surface area contributed by atoms with Crippen LogP contribution in [0.4, 0.5) is 0 Å². The Morgan fingerprint density at radius 2 is 2.05 bits per heavy atom. The van der Waals surface area contributed by atoms with E-state index in [9.17, 15) is 4.79 Å². The number of nitrogens with one attached hydrogen (secondary N) is 1. The van der Waals surface area contributed by atoms with E-state index in [-0.39, 0.29) is 11.9 Å². The van der Waals surface area contributed by atoms with Crippen molar-refractivity contribution < 1.29 is 9.53 Å². The molecule has 0 aliphatic carbocycles. The number of rotatable bonds is 8. The molecule has 0 bridgehead atoms. The second kappa shape index (κ2) is 8.86. The van der Waals surface area contributed by atoms with Crippen molar-refractivity contribution in [2.75, 3.05) is 12.9 Å². The maximum Gasteiger partial charge on any atom is 0.230 e. The van der Waals surface area contributed by atoms with Crippen LogP contribution < -0.4 is 10.1 Å². The molecule has 4 heteroatoms. The molecule has 0 aliphatic rings. The predicted octanol–water partition coefficient (Wildman–Crippen LogP) is 3.23. The zero-order chi connectivity index (χ0) is 14.1. The van der Waals surface area contributed by atoms with Crippen LogP contribution in [0.3, 0.4) is 0 Å². The highest BCUT2D eigenvalue weighted by Crippen LogP contribution is 2.16. The Hall–Kier alpha value is -1.16. The number of hydrogen-bond acceptors (Lipinski definition) is 3. The minimum Gasteiger partial charge on any atom is -0.497 e. The molecule has 0 spiro atoms. The number of ether oxygens (including phenoxy) is 1. The Kier molecular flexibility index (Phi) is 7.41. The Bertz CT molecular complexity index is 378. The molecule has 0 unspecified atom stereocenters. The van der Waals surface area contributed by atoms with Crippen molar-refractivity contribution in [1.29, 1.82) is 0 Å². The standard InChI is InChI=1S/C15H23NO2S/c1-4-5-12(2)16-15(17)11-19-10-13-6-8-14(18-3)9-7-13/h6-9,12H,4-5,10-11H2,1-3H3,(H,16,17)/t12-/m0/s1.